The maximum atomic E-state index is 5.46. The van der Waals surface area contributed by atoms with Crippen molar-refractivity contribution >= 4 is 11.3 Å². The van der Waals surface area contributed by atoms with E-state index in [0.717, 1.165) is 5.19 Å². The lowest BCUT2D eigenvalue weighted by Crippen LogP contribution is -2.24. The second kappa shape index (κ2) is 3.87. The molecule has 0 saturated carbocycles. The molecule has 1 saturated heterocycles. The highest BCUT2D eigenvalue weighted by molar-refractivity contribution is 7.11. The molecule has 3 nitrogen and oxygen atoms in total. The SMILES string of the molecule is c1csc(OCN2CCCC2)n1. The summed E-state index contributed by atoms with van der Waals surface area (Å²) >= 11 is 1.55. The van der Waals surface area contributed by atoms with Crippen molar-refractivity contribution in [1.29, 1.82) is 0 Å². The molecule has 0 atom stereocenters. The number of likely N-dealkylation sites (tertiary alicyclic amines) is 1. The third-order valence-corrected chi connectivity index (χ3v) is 2.66. The molecule has 0 aromatic carbocycles. The molecule has 0 aliphatic carbocycles. The topological polar surface area (TPSA) is 25.4 Å². The van der Waals surface area contributed by atoms with E-state index in [-0.39, 0.29) is 0 Å². The van der Waals surface area contributed by atoms with Crippen molar-refractivity contribution < 1.29 is 4.74 Å². The fourth-order valence-electron chi connectivity index (χ4n) is 1.34. The first-order valence-corrected chi connectivity index (χ1v) is 5.08. The van der Waals surface area contributed by atoms with E-state index in [0.29, 0.717) is 6.73 Å². The number of rotatable bonds is 3. The maximum absolute atomic E-state index is 5.46. The smallest absolute Gasteiger partial charge is 0.274 e. The normalized spacial score (nSPS) is 18.3. The highest BCUT2D eigenvalue weighted by Crippen LogP contribution is 2.15. The van der Waals surface area contributed by atoms with Gasteiger partial charge in [-0.3, -0.25) is 4.90 Å². The van der Waals surface area contributed by atoms with Gasteiger partial charge < -0.3 is 4.74 Å². The molecule has 0 amide bonds. The van der Waals surface area contributed by atoms with E-state index < -0.39 is 0 Å². The van der Waals surface area contributed by atoms with Crippen LogP contribution >= 0.6 is 11.3 Å². The molecule has 4 heteroatoms. The minimum Gasteiger partial charge on any atom is -0.454 e. The summed E-state index contributed by atoms with van der Waals surface area (Å²) in [6.07, 6.45) is 4.38. The van der Waals surface area contributed by atoms with Crippen LogP contribution in [0.2, 0.25) is 0 Å². The van der Waals surface area contributed by atoms with Crippen LogP contribution in [0.15, 0.2) is 11.6 Å². The third kappa shape index (κ3) is 1.95. The van der Waals surface area contributed by atoms with Crippen LogP contribution in [-0.4, -0.2) is 29.7 Å². The lowest BCUT2D eigenvalue weighted by Gasteiger charge is -2.13. The monoisotopic (exact) mass is 184 g/mol. The highest BCUT2D eigenvalue weighted by atomic mass is 32.1. The Labute approximate surface area is 76.0 Å². The Kier molecular flexibility index (Phi) is 2.58. The standard InChI is InChI=1S/C8H12N2OS/c1-2-5-10(4-1)7-11-8-9-3-6-12-8/h3,6H,1-2,4-5,7H2. The van der Waals surface area contributed by atoms with Gasteiger partial charge in [-0.05, 0) is 12.8 Å². The zero-order chi connectivity index (χ0) is 8.23. The van der Waals surface area contributed by atoms with E-state index in [1.807, 2.05) is 5.38 Å². The van der Waals surface area contributed by atoms with Crippen LogP contribution in [-0.2, 0) is 0 Å². The highest BCUT2D eigenvalue weighted by Gasteiger charge is 2.11. The van der Waals surface area contributed by atoms with E-state index in [1.54, 1.807) is 17.5 Å². The minimum absolute atomic E-state index is 0.702. The van der Waals surface area contributed by atoms with E-state index in [4.69, 9.17) is 4.74 Å². The molecule has 0 bridgehead atoms. The van der Waals surface area contributed by atoms with Crippen molar-refractivity contribution in [2.45, 2.75) is 12.8 Å². The Balaban J connectivity index is 1.74. The molecule has 1 aliphatic heterocycles. The summed E-state index contributed by atoms with van der Waals surface area (Å²) in [5.41, 5.74) is 0. The molecule has 0 spiro atoms. The molecule has 0 unspecified atom stereocenters. The first-order valence-electron chi connectivity index (χ1n) is 4.20. The van der Waals surface area contributed by atoms with Gasteiger partial charge in [-0.1, -0.05) is 11.3 Å². The molecule has 2 rings (SSSR count). The fourth-order valence-corrected chi connectivity index (χ4v) is 1.82. The molecule has 1 aliphatic rings. The van der Waals surface area contributed by atoms with Gasteiger partial charge in [-0.25, -0.2) is 4.98 Å². The van der Waals surface area contributed by atoms with E-state index in [9.17, 15) is 0 Å². The van der Waals surface area contributed by atoms with Crippen LogP contribution in [0, 0.1) is 0 Å². The second-order valence-corrected chi connectivity index (χ2v) is 3.75. The number of hydrogen-bond acceptors (Lipinski definition) is 4. The molecule has 66 valence electrons. The first kappa shape index (κ1) is 8.01. The first-order chi connectivity index (χ1) is 5.95. The predicted molar refractivity (Wildman–Crippen MR) is 48.4 cm³/mol. The quantitative estimate of drug-likeness (QED) is 0.713. The Bertz CT molecular complexity index is 219. The van der Waals surface area contributed by atoms with Crippen LogP contribution in [0.4, 0.5) is 0 Å². The molecule has 1 fully saturated rings. The Hall–Kier alpha value is -0.610. The average Bonchev–Trinajstić information content (AvgIpc) is 2.74. The van der Waals surface area contributed by atoms with Crippen molar-refractivity contribution in [3.8, 4) is 5.19 Å². The predicted octanol–water partition coefficient (Wildman–Crippen LogP) is 1.58. The fraction of sp³-hybridized carbons (Fsp3) is 0.625. The van der Waals surface area contributed by atoms with Gasteiger partial charge in [0.05, 0.1) is 0 Å². The van der Waals surface area contributed by atoms with Gasteiger partial charge in [0.25, 0.3) is 5.19 Å². The van der Waals surface area contributed by atoms with Crippen molar-refractivity contribution in [3.05, 3.63) is 11.6 Å². The van der Waals surface area contributed by atoms with Crippen LogP contribution in [0.5, 0.6) is 5.19 Å². The lowest BCUT2D eigenvalue weighted by atomic mass is 10.4. The number of ether oxygens (including phenoxy) is 1. The minimum atomic E-state index is 0.702. The Morgan fingerprint density at radius 2 is 2.33 bits per heavy atom. The van der Waals surface area contributed by atoms with E-state index in [1.165, 1.54) is 25.9 Å². The third-order valence-electron chi connectivity index (χ3n) is 1.98. The van der Waals surface area contributed by atoms with Crippen LogP contribution < -0.4 is 4.74 Å². The Morgan fingerprint density at radius 1 is 1.50 bits per heavy atom. The summed E-state index contributed by atoms with van der Waals surface area (Å²) in [6, 6.07) is 0. The average molecular weight is 184 g/mol. The molecule has 1 aromatic heterocycles. The number of nitrogens with zero attached hydrogens (tertiary/aromatic N) is 2. The lowest BCUT2D eigenvalue weighted by molar-refractivity contribution is 0.151. The van der Waals surface area contributed by atoms with Gasteiger partial charge in [0, 0.05) is 24.7 Å². The van der Waals surface area contributed by atoms with Crippen molar-refractivity contribution in [1.82, 2.24) is 9.88 Å². The largest absolute Gasteiger partial charge is 0.454 e. The van der Waals surface area contributed by atoms with E-state index in [2.05, 4.69) is 9.88 Å². The van der Waals surface area contributed by atoms with Gasteiger partial charge in [0.15, 0.2) is 0 Å². The van der Waals surface area contributed by atoms with Gasteiger partial charge in [0.2, 0.25) is 0 Å². The van der Waals surface area contributed by atoms with Crippen LogP contribution in [0.1, 0.15) is 12.8 Å². The molecule has 1 aromatic rings. The maximum Gasteiger partial charge on any atom is 0.274 e. The molecule has 0 N–H and O–H groups in total. The van der Waals surface area contributed by atoms with Gasteiger partial charge in [0.1, 0.15) is 6.73 Å². The summed E-state index contributed by atoms with van der Waals surface area (Å²) in [6.45, 7) is 3.05. The van der Waals surface area contributed by atoms with E-state index >= 15 is 0 Å². The number of hydrogen-bond donors (Lipinski definition) is 0. The summed E-state index contributed by atoms with van der Waals surface area (Å²) < 4.78 is 5.46. The summed E-state index contributed by atoms with van der Waals surface area (Å²) in [5, 5.41) is 2.71. The molecular weight excluding hydrogens is 172 g/mol. The van der Waals surface area contributed by atoms with Gasteiger partial charge >= 0.3 is 0 Å². The number of aromatic nitrogens is 1. The Morgan fingerprint density at radius 3 is 3.00 bits per heavy atom. The zero-order valence-electron chi connectivity index (χ0n) is 6.90. The summed E-state index contributed by atoms with van der Waals surface area (Å²) in [4.78, 5) is 6.35. The molecular formula is C8H12N2OS. The summed E-state index contributed by atoms with van der Waals surface area (Å²) in [5.74, 6) is 0. The number of thiazole rings is 1. The van der Waals surface area contributed by atoms with Crippen molar-refractivity contribution in [3.63, 3.8) is 0 Å². The van der Waals surface area contributed by atoms with Crippen molar-refractivity contribution in [2.24, 2.45) is 0 Å². The zero-order valence-corrected chi connectivity index (χ0v) is 7.72. The van der Waals surface area contributed by atoms with Gasteiger partial charge in [-0.15, -0.1) is 0 Å². The van der Waals surface area contributed by atoms with Crippen LogP contribution in [0.3, 0.4) is 0 Å². The summed E-state index contributed by atoms with van der Waals surface area (Å²) in [7, 11) is 0. The van der Waals surface area contributed by atoms with Crippen molar-refractivity contribution in [2.75, 3.05) is 19.8 Å². The van der Waals surface area contributed by atoms with Gasteiger partial charge in [-0.2, -0.15) is 0 Å². The molecule has 0 radical (unpaired) electrons. The molecule has 12 heavy (non-hydrogen) atoms. The van der Waals surface area contributed by atoms with Crippen LogP contribution in [0.25, 0.3) is 0 Å². The second-order valence-electron chi connectivity index (χ2n) is 2.90. The molecule has 2 heterocycles.